The first-order valence-electron chi connectivity index (χ1n) is 7.63. The largest absolute Gasteiger partial charge is 0.480 e. The van der Waals surface area contributed by atoms with Gasteiger partial charge in [0.15, 0.2) is 6.04 Å². The summed E-state index contributed by atoms with van der Waals surface area (Å²) < 4.78 is -0.758. The normalized spacial score (nSPS) is 22.4. The number of amides is 4. The molecule has 1 aromatic carbocycles. The molecule has 4 amide bonds. The summed E-state index contributed by atoms with van der Waals surface area (Å²) in [5, 5.41) is 11.4. The minimum absolute atomic E-state index is 0.00156. The molecular weight excluding hydrogens is 324 g/mol. The van der Waals surface area contributed by atoms with Crippen LogP contribution in [-0.4, -0.2) is 45.2 Å². The Morgan fingerprint density at radius 2 is 1.76 bits per heavy atom. The summed E-state index contributed by atoms with van der Waals surface area (Å²) in [6.07, 6.45) is 3.38. The molecule has 1 fully saturated rings. The quantitative estimate of drug-likeness (QED) is 0.724. The molecule has 1 aliphatic rings. The maximum Gasteiger partial charge on any atom is 0.426 e. The second-order valence-corrected chi connectivity index (χ2v) is 5.92. The van der Waals surface area contributed by atoms with Crippen LogP contribution in [0.4, 0.5) is 9.59 Å². The van der Waals surface area contributed by atoms with Crippen molar-refractivity contribution in [3.8, 4) is 11.1 Å². The van der Waals surface area contributed by atoms with Crippen molar-refractivity contribution in [1.29, 1.82) is 0 Å². The van der Waals surface area contributed by atoms with Crippen molar-refractivity contribution in [3.63, 3.8) is 0 Å². The average molecular weight is 341 g/mol. The van der Waals surface area contributed by atoms with Crippen LogP contribution in [0.25, 0.3) is 11.1 Å². The van der Waals surface area contributed by atoms with E-state index in [1.807, 2.05) is 24.3 Å². The number of carbonyl (C=O) groups is 3. The van der Waals surface area contributed by atoms with E-state index >= 15 is 0 Å². The minimum Gasteiger partial charge on any atom is -0.480 e. The van der Waals surface area contributed by atoms with E-state index in [2.05, 4.69) is 10.3 Å². The fourth-order valence-corrected chi connectivity index (χ4v) is 2.92. The van der Waals surface area contributed by atoms with E-state index in [-0.39, 0.29) is 13.1 Å². The van der Waals surface area contributed by atoms with Crippen LogP contribution in [0.2, 0.25) is 0 Å². The summed E-state index contributed by atoms with van der Waals surface area (Å²) in [4.78, 5) is 39.3. The third-order valence-corrected chi connectivity index (χ3v) is 4.32. The number of nitrogens with two attached hydrogens (primary N) is 1. The number of quaternary nitrogens is 1. The van der Waals surface area contributed by atoms with Gasteiger partial charge in [-0.2, -0.15) is 4.48 Å². The number of aromatic nitrogens is 1. The third-order valence-electron chi connectivity index (χ3n) is 4.32. The van der Waals surface area contributed by atoms with E-state index in [4.69, 9.17) is 10.8 Å². The molecule has 1 saturated heterocycles. The highest BCUT2D eigenvalue weighted by atomic mass is 16.4. The van der Waals surface area contributed by atoms with Gasteiger partial charge in [0, 0.05) is 18.0 Å². The van der Waals surface area contributed by atoms with Crippen molar-refractivity contribution in [2.24, 2.45) is 5.73 Å². The molecule has 2 atom stereocenters. The molecular formula is C17H17N4O4+. The first-order valence-corrected chi connectivity index (χ1v) is 7.63. The maximum absolute atomic E-state index is 12.2. The molecule has 4 N–H and O–H groups in total. The second-order valence-electron chi connectivity index (χ2n) is 5.92. The second kappa shape index (κ2) is 6.33. The smallest absolute Gasteiger partial charge is 0.426 e. The monoisotopic (exact) mass is 341 g/mol. The number of carbonyl (C=O) groups excluding carboxylic acids is 2. The lowest BCUT2D eigenvalue weighted by molar-refractivity contribution is -0.771. The summed E-state index contributed by atoms with van der Waals surface area (Å²) in [6, 6.07) is 8.36. The highest BCUT2D eigenvalue weighted by Gasteiger charge is 2.54. The van der Waals surface area contributed by atoms with Gasteiger partial charge in [0.05, 0.1) is 0 Å². The predicted octanol–water partition coefficient (Wildman–Crippen LogP) is 1.32. The molecule has 0 bridgehead atoms. The number of nitrogens with one attached hydrogen (secondary N) is 1. The number of pyridine rings is 1. The first-order chi connectivity index (χ1) is 11.9. The number of urea groups is 2. The van der Waals surface area contributed by atoms with Crippen LogP contribution < -0.4 is 11.1 Å². The number of carboxylic acids is 1. The van der Waals surface area contributed by atoms with E-state index in [9.17, 15) is 14.4 Å². The van der Waals surface area contributed by atoms with Crippen molar-refractivity contribution in [2.75, 3.05) is 6.54 Å². The van der Waals surface area contributed by atoms with Gasteiger partial charge in [-0.1, -0.05) is 24.3 Å². The highest BCUT2D eigenvalue weighted by Crippen LogP contribution is 2.24. The lowest BCUT2D eigenvalue weighted by Crippen LogP contribution is -2.57. The number of imide groups is 1. The number of nitrogens with zero attached hydrogens (tertiary/aromatic N) is 2. The molecule has 1 unspecified atom stereocenters. The Kier molecular flexibility index (Phi) is 4.20. The van der Waals surface area contributed by atoms with Crippen molar-refractivity contribution in [3.05, 3.63) is 54.4 Å². The molecule has 2 heterocycles. The molecule has 1 aliphatic heterocycles. The number of benzene rings is 1. The van der Waals surface area contributed by atoms with Gasteiger partial charge in [-0.05, 0) is 23.3 Å². The maximum atomic E-state index is 12.2. The van der Waals surface area contributed by atoms with Crippen LogP contribution in [0.1, 0.15) is 5.56 Å². The molecule has 128 valence electrons. The van der Waals surface area contributed by atoms with Crippen LogP contribution in [0.3, 0.4) is 0 Å². The summed E-state index contributed by atoms with van der Waals surface area (Å²) in [6.45, 7) is -0.211. The van der Waals surface area contributed by atoms with Gasteiger partial charge in [0.1, 0.15) is 13.1 Å². The molecule has 25 heavy (non-hydrogen) atoms. The van der Waals surface area contributed by atoms with Crippen LogP contribution in [-0.2, 0) is 11.3 Å². The standard InChI is InChI=1S/C17H16N4O4/c18-16(24)21(10-14(15(22)23)20-17(21)25)9-11-1-3-12(4-2-11)13-5-7-19-8-6-13/h1-8,14H,9-10H2,(H3-,18,20,22,23,24,25)/p+1/t14-,21?/m1/s1. The zero-order valence-electron chi connectivity index (χ0n) is 13.3. The zero-order chi connectivity index (χ0) is 18.0. The number of hydrogen-bond donors (Lipinski definition) is 3. The number of carboxylic acid groups (broad SMARTS) is 1. The SMILES string of the molecule is NC(=O)[N+]1(Cc2ccc(-c3ccncc3)cc2)C[C@H](C(=O)O)NC1=O. The fraction of sp³-hybridized carbons (Fsp3) is 0.176. The fourth-order valence-electron chi connectivity index (χ4n) is 2.92. The number of primary amides is 1. The summed E-state index contributed by atoms with van der Waals surface area (Å²) in [7, 11) is 0. The van der Waals surface area contributed by atoms with E-state index in [0.29, 0.717) is 5.56 Å². The van der Waals surface area contributed by atoms with Crippen LogP contribution in [0.15, 0.2) is 48.8 Å². The molecule has 0 spiro atoms. The number of aliphatic carboxylic acids is 1. The lowest BCUT2D eigenvalue weighted by atomic mass is 10.0. The van der Waals surface area contributed by atoms with Crippen molar-refractivity contribution in [1.82, 2.24) is 10.3 Å². The lowest BCUT2D eigenvalue weighted by Gasteiger charge is -2.24. The van der Waals surface area contributed by atoms with E-state index in [1.165, 1.54) is 0 Å². The van der Waals surface area contributed by atoms with Gasteiger partial charge in [0.2, 0.25) is 0 Å². The van der Waals surface area contributed by atoms with E-state index < -0.39 is 28.6 Å². The molecule has 3 rings (SSSR count). The third kappa shape index (κ3) is 3.07. The van der Waals surface area contributed by atoms with Gasteiger partial charge < -0.3 is 10.8 Å². The number of rotatable bonds is 4. The Morgan fingerprint density at radius 3 is 2.28 bits per heavy atom. The van der Waals surface area contributed by atoms with E-state index in [0.717, 1.165) is 11.1 Å². The topological polar surface area (TPSA) is 122 Å². The van der Waals surface area contributed by atoms with Gasteiger partial charge in [-0.25, -0.2) is 14.4 Å². The van der Waals surface area contributed by atoms with Gasteiger partial charge in [-0.3, -0.25) is 10.3 Å². The van der Waals surface area contributed by atoms with E-state index in [1.54, 1.807) is 24.5 Å². The summed E-state index contributed by atoms with van der Waals surface area (Å²) in [5.41, 5.74) is 8.09. The minimum atomic E-state index is -1.19. The molecule has 0 radical (unpaired) electrons. The molecule has 0 aliphatic carbocycles. The Bertz CT molecular complexity index is 822. The first kappa shape index (κ1) is 16.6. The molecule has 0 saturated carbocycles. The van der Waals surface area contributed by atoms with Crippen molar-refractivity contribution < 1.29 is 24.0 Å². The summed E-state index contributed by atoms with van der Waals surface area (Å²) in [5.74, 6) is -1.19. The van der Waals surface area contributed by atoms with Crippen molar-refractivity contribution >= 4 is 18.0 Å². The van der Waals surface area contributed by atoms with Crippen LogP contribution >= 0.6 is 0 Å². The summed E-state index contributed by atoms with van der Waals surface area (Å²) >= 11 is 0. The van der Waals surface area contributed by atoms with Gasteiger partial charge in [0.25, 0.3) is 0 Å². The number of hydrogen-bond acceptors (Lipinski definition) is 4. The van der Waals surface area contributed by atoms with Crippen LogP contribution in [0.5, 0.6) is 0 Å². The highest BCUT2D eigenvalue weighted by molar-refractivity contribution is 5.89. The Labute approximate surface area is 143 Å². The zero-order valence-corrected chi connectivity index (χ0v) is 13.3. The Balaban J connectivity index is 1.85. The van der Waals surface area contributed by atoms with Gasteiger partial charge >= 0.3 is 18.0 Å². The average Bonchev–Trinajstić information content (AvgIpc) is 2.94. The van der Waals surface area contributed by atoms with Gasteiger partial charge in [-0.15, -0.1) is 0 Å². The Hall–Kier alpha value is -3.26. The predicted molar refractivity (Wildman–Crippen MR) is 88.0 cm³/mol. The van der Waals surface area contributed by atoms with Crippen LogP contribution in [0, 0.1) is 0 Å². The Morgan fingerprint density at radius 1 is 1.16 bits per heavy atom. The molecule has 2 aromatic rings. The molecule has 8 nitrogen and oxygen atoms in total. The molecule has 8 heteroatoms. The van der Waals surface area contributed by atoms with Crippen molar-refractivity contribution in [2.45, 2.75) is 12.6 Å². The molecule has 1 aromatic heterocycles.